The first kappa shape index (κ1) is 13.2. The molecule has 2 N–H and O–H groups in total. The Morgan fingerprint density at radius 3 is 2.84 bits per heavy atom. The Hall–Kier alpha value is -2.21. The van der Waals surface area contributed by atoms with Crippen molar-refractivity contribution < 1.29 is 14.3 Å². The number of amides is 1. The van der Waals surface area contributed by atoms with Gasteiger partial charge in [-0.15, -0.1) is 0 Å². The number of aryl methyl sites for hydroxylation is 1. The van der Waals surface area contributed by atoms with E-state index in [0.717, 1.165) is 0 Å². The number of aliphatic hydroxyl groups is 1. The van der Waals surface area contributed by atoms with Gasteiger partial charge in [0.25, 0.3) is 5.91 Å². The van der Waals surface area contributed by atoms with E-state index in [4.69, 9.17) is 0 Å². The van der Waals surface area contributed by atoms with Crippen LogP contribution in [-0.4, -0.2) is 27.3 Å². The van der Waals surface area contributed by atoms with E-state index in [1.807, 2.05) is 0 Å². The molecule has 0 aliphatic rings. The lowest BCUT2D eigenvalue weighted by atomic mass is 10.1. The fourth-order valence-electron chi connectivity index (χ4n) is 1.73. The van der Waals surface area contributed by atoms with Crippen molar-refractivity contribution in [3.05, 3.63) is 53.6 Å². The van der Waals surface area contributed by atoms with Crippen molar-refractivity contribution in [3.63, 3.8) is 0 Å². The molecule has 0 saturated heterocycles. The number of halogens is 1. The Balaban J connectivity index is 1.98. The molecule has 1 atom stereocenters. The third-order valence-electron chi connectivity index (χ3n) is 2.77. The number of aromatic nitrogens is 2. The quantitative estimate of drug-likeness (QED) is 0.865. The molecular formula is C13H14FN3O2. The summed E-state index contributed by atoms with van der Waals surface area (Å²) in [5, 5.41) is 16.2. The van der Waals surface area contributed by atoms with Crippen LogP contribution in [0.3, 0.4) is 0 Å². The van der Waals surface area contributed by atoms with Crippen LogP contribution in [0.25, 0.3) is 0 Å². The number of hydrogen-bond donors (Lipinski definition) is 2. The monoisotopic (exact) mass is 263 g/mol. The van der Waals surface area contributed by atoms with Crippen LogP contribution in [0.2, 0.25) is 0 Å². The van der Waals surface area contributed by atoms with Gasteiger partial charge >= 0.3 is 0 Å². The standard InChI is InChI=1S/C13H14FN3O2/c1-17-11(6-7-16-17)13(19)15-8-12(18)9-4-2-3-5-10(9)14/h2-7,12,18H,8H2,1H3,(H,15,19). The third kappa shape index (κ3) is 2.97. The largest absolute Gasteiger partial charge is 0.386 e. The minimum atomic E-state index is -1.08. The smallest absolute Gasteiger partial charge is 0.269 e. The molecule has 1 aromatic carbocycles. The van der Waals surface area contributed by atoms with Crippen molar-refractivity contribution in [2.75, 3.05) is 6.54 Å². The van der Waals surface area contributed by atoms with Gasteiger partial charge in [0.05, 0.1) is 6.10 Å². The maximum Gasteiger partial charge on any atom is 0.269 e. The van der Waals surface area contributed by atoms with Gasteiger partial charge in [0.1, 0.15) is 11.5 Å². The summed E-state index contributed by atoms with van der Waals surface area (Å²) in [7, 11) is 1.64. The molecule has 1 aromatic heterocycles. The summed E-state index contributed by atoms with van der Waals surface area (Å²) in [5.74, 6) is -0.861. The van der Waals surface area contributed by atoms with Gasteiger partial charge in [-0.25, -0.2) is 4.39 Å². The van der Waals surface area contributed by atoms with E-state index in [-0.39, 0.29) is 18.0 Å². The molecule has 100 valence electrons. The highest BCUT2D eigenvalue weighted by atomic mass is 19.1. The molecule has 0 fully saturated rings. The first-order valence-electron chi connectivity index (χ1n) is 5.78. The zero-order valence-corrected chi connectivity index (χ0v) is 10.4. The van der Waals surface area contributed by atoms with Crippen molar-refractivity contribution in [2.45, 2.75) is 6.10 Å². The highest BCUT2D eigenvalue weighted by Crippen LogP contribution is 2.15. The second-order valence-corrected chi connectivity index (χ2v) is 4.09. The Morgan fingerprint density at radius 2 is 2.21 bits per heavy atom. The van der Waals surface area contributed by atoms with Crippen molar-refractivity contribution in [1.82, 2.24) is 15.1 Å². The number of hydrogen-bond acceptors (Lipinski definition) is 3. The number of carbonyl (C=O) groups is 1. The number of carbonyl (C=O) groups excluding carboxylic acids is 1. The Kier molecular flexibility index (Phi) is 3.91. The second kappa shape index (κ2) is 5.62. The molecule has 0 bridgehead atoms. The van der Waals surface area contributed by atoms with E-state index in [9.17, 15) is 14.3 Å². The first-order valence-corrected chi connectivity index (χ1v) is 5.78. The average Bonchev–Trinajstić information content (AvgIpc) is 2.82. The lowest BCUT2D eigenvalue weighted by molar-refractivity contribution is 0.0905. The van der Waals surface area contributed by atoms with Gasteiger partial charge in [0, 0.05) is 25.4 Å². The van der Waals surface area contributed by atoms with Crippen LogP contribution in [0.4, 0.5) is 4.39 Å². The molecule has 1 heterocycles. The molecule has 0 spiro atoms. The van der Waals surface area contributed by atoms with Crippen LogP contribution < -0.4 is 5.32 Å². The van der Waals surface area contributed by atoms with Crippen LogP contribution in [0.15, 0.2) is 36.5 Å². The van der Waals surface area contributed by atoms with Crippen molar-refractivity contribution in [1.29, 1.82) is 0 Å². The maximum absolute atomic E-state index is 13.4. The fourth-order valence-corrected chi connectivity index (χ4v) is 1.73. The molecule has 0 saturated carbocycles. The second-order valence-electron chi connectivity index (χ2n) is 4.09. The highest BCUT2D eigenvalue weighted by Gasteiger charge is 2.15. The van der Waals surface area contributed by atoms with Crippen molar-refractivity contribution in [2.24, 2.45) is 7.05 Å². The summed E-state index contributed by atoms with van der Waals surface area (Å²) in [6, 6.07) is 7.48. The predicted octanol–water partition coefficient (Wildman–Crippen LogP) is 1.02. The molecule has 6 heteroatoms. The van der Waals surface area contributed by atoms with Gasteiger partial charge in [-0.05, 0) is 12.1 Å². The molecule has 2 aromatic rings. The number of rotatable bonds is 4. The van der Waals surface area contributed by atoms with Gasteiger partial charge in [-0.1, -0.05) is 18.2 Å². The molecular weight excluding hydrogens is 249 g/mol. The average molecular weight is 263 g/mol. The summed E-state index contributed by atoms with van der Waals surface area (Å²) < 4.78 is 14.8. The van der Waals surface area contributed by atoms with Crippen LogP contribution in [0, 0.1) is 5.82 Å². The summed E-state index contributed by atoms with van der Waals surface area (Å²) in [5.41, 5.74) is 0.536. The molecule has 0 aliphatic heterocycles. The molecule has 0 radical (unpaired) electrons. The minimum absolute atomic E-state index is 0.0645. The summed E-state index contributed by atoms with van der Waals surface area (Å²) in [6.45, 7) is -0.0645. The minimum Gasteiger partial charge on any atom is -0.386 e. The summed E-state index contributed by atoms with van der Waals surface area (Å²) >= 11 is 0. The number of nitrogens with one attached hydrogen (secondary N) is 1. The van der Waals surface area contributed by atoms with Gasteiger partial charge in [0.2, 0.25) is 0 Å². The lowest BCUT2D eigenvalue weighted by Gasteiger charge is -2.13. The van der Waals surface area contributed by atoms with E-state index >= 15 is 0 Å². The van der Waals surface area contributed by atoms with Gasteiger partial charge in [-0.2, -0.15) is 5.10 Å². The van der Waals surface area contributed by atoms with Crippen LogP contribution in [-0.2, 0) is 7.05 Å². The third-order valence-corrected chi connectivity index (χ3v) is 2.77. The predicted molar refractivity (Wildman–Crippen MR) is 66.9 cm³/mol. The van der Waals surface area contributed by atoms with Crippen LogP contribution in [0.1, 0.15) is 22.2 Å². The zero-order valence-electron chi connectivity index (χ0n) is 10.4. The highest BCUT2D eigenvalue weighted by molar-refractivity contribution is 5.92. The molecule has 19 heavy (non-hydrogen) atoms. The van der Waals surface area contributed by atoms with Gasteiger partial charge in [0.15, 0.2) is 0 Å². The van der Waals surface area contributed by atoms with Crippen LogP contribution >= 0.6 is 0 Å². The van der Waals surface area contributed by atoms with E-state index < -0.39 is 11.9 Å². The molecule has 1 amide bonds. The number of aliphatic hydroxyl groups excluding tert-OH is 1. The number of benzene rings is 1. The zero-order chi connectivity index (χ0) is 13.8. The number of nitrogens with zero attached hydrogens (tertiary/aromatic N) is 2. The topological polar surface area (TPSA) is 67.2 Å². The SMILES string of the molecule is Cn1nccc1C(=O)NCC(O)c1ccccc1F. The van der Waals surface area contributed by atoms with Gasteiger partial charge in [-0.3, -0.25) is 9.48 Å². The molecule has 2 rings (SSSR count). The van der Waals surface area contributed by atoms with E-state index in [1.54, 1.807) is 25.2 Å². The molecule has 1 unspecified atom stereocenters. The normalized spacial score (nSPS) is 12.2. The van der Waals surface area contributed by atoms with E-state index in [1.165, 1.54) is 23.0 Å². The lowest BCUT2D eigenvalue weighted by Crippen LogP contribution is -2.30. The van der Waals surface area contributed by atoms with E-state index in [0.29, 0.717) is 5.69 Å². The summed E-state index contributed by atoms with van der Waals surface area (Å²) in [6.07, 6.45) is 0.417. The maximum atomic E-state index is 13.4. The Labute approximate surface area is 109 Å². The van der Waals surface area contributed by atoms with Crippen molar-refractivity contribution >= 4 is 5.91 Å². The molecule has 5 nitrogen and oxygen atoms in total. The Bertz CT molecular complexity index is 583. The fraction of sp³-hybridized carbons (Fsp3) is 0.231. The Morgan fingerprint density at radius 1 is 1.47 bits per heavy atom. The van der Waals surface area contributed by atoms with Crippen molar-refractivity contribution in [3.8, 4) is 0 Å². The van der Waals surface area contributed by atoms with E-state index in [2.05, 4.69) is 10.4 Å². The summed E-state index contributed by atoms with van der Waals surface area (Å²) in [4.78, 5) is 11.8. The van der Waals surface area contributed by atoms with Gasteiger partial charge < -0.3 is 10.4 Å². The van der Waals surface area contributed by atoms with Crippen LogP contribution in [0.5, 0.6) is 0 Å². The molecule has 0 aliphatic carbocycles. The first-order chi connectivity index (χ1) is 9.09.